The van der Waals surface area contributed by atoms with Crippen LogP contribution in [-0.4, -0.2) is 35.0 Å². The highest BCUT2D eigenvalue weighted by Crippen LogP contribution is 2.37. The zero-order valence-electron chi connectivity index (χ0n) is 14.9. The normalized spacial score (nSPS) is 16.2. The molecule has 1 aromatic carbocycles. The van der Waals surface area contributed by atoms with Gasteiger partial charge in [0.2, 0.25) is 5.88 Å². The van der Waals surface area contributed by atoms with E-state index in [1.165, 1.54) is 18.5 Å². The van der Waals surface area contributed by atoms with Gasteiger partial charge in [-0.05, 0) is 43.7 Å². The van der Waals surface area contributed by atoms with Crippen molar-refractivity contribution >= 4 is 16.6 Å². The maximum atomic E-state index is 6.04. The number of aromatic nitrogens is 3. The summed E-state index contributed by atoms with van der Waals surface area (Å²) >= 11 is 0. The van der Waals surface area contributed by atoms with Crippen LogP contribution in [0.2, 0.25) is 0 Å². The van der Waals surface area contributed by atoms with Gasteiger partial charge in [0.25, 0.3) is 0 Å². The van der Waals surface area contributed by atoms with Gasteiger partial charge in [-0.1, -0.05) is 0 Å². The fraction of sp³-hybridized carbons (Fsp3) is 0.400. The van der Waals surface area contributed by atoms with E-state index in [1.54, 1.807) is 13.3 Å². The standard InChI is InChI=1S/C20H22N4O2/c1-25-19-7-6-15(12-22-19)24-17-3-2-8-26-18-10-14(21-11-13-4-5-13)9-16(23-24)20(17)18/h6-7,9-10,12-13,21H,2-5,8,11H2,1H3. The van der Waals surface area contributed by atoms with E-state index in [0.29, 0.717) is 5.88 Å². The highest BCUT2D eigenvalue weighted by molar-refractivity contribution is 5.92. The van der Waals surface area contributed by atoms with E-state index in [2.05, 4.69) is 22.4 Å². The number of anilines is 1. The molecule has 0 atom stereocenters. The number of benzene rings is 1. The average Bonchev–Trinajstić information content (AvgIpc) is 3.46. The second-order valence-corrected chi connectivity index (χ2v) is 7.06. The highest BCUT2D eigenvalue weighted by atomic mass is 16.5. The van der Waals surface area contributed by atoms with E-state index in [-0.39, 0.29) is 0 Å². The first-order chi connectivity index (χ1) is 12.8. The molecule has 0 amide bonds. The predicted octanol–water partition coefficient (Wildman–Crippen LogP) is 3.58. The molecule has 1 aliphatic carbocycles. The van der Waals surface area contributed by atoms with Crippen LogP contribution in [0.25, 0.3) is 16.6 Å². The lowest BCUT2D eigenvalue weighted by molar-refractivity contribution is 0.319. The van der Waals surface area contributed by atoms with Crippen molar-refractivity contribution in [3.63, 3.8) is 0 Å². The molecule has 0 radical (unpaired) electrons. The molecule has 134 valence electrons. The summed E-state index contributed by atoms with van der Waals surface area (Å²) < 4.78 is 13.2. The van der Waals surface area contributed by atoms with Crippen LogP contribution in [0.1, 0.15) is 25.0 Å². The first-order valence-electron chi connectivity index (χ1n) is 9.24. The third kappa shape index (κ3) is 2.75. The Labute approximate surface area is 152 Å². The van der Waals surface area contributed by atoms with Crippen molar-refractivity contribution in [1.29, 1.82) is 0 Å². The van der Waals surface area contributed by atoms with Crippen LogP contribution in [0.5, 0.6) is 11.6 Å². The number of hydrogen-bond acceptors (Lipinski definition) is 5. The Bertz CT molecular complexity index is 945. The van der Waals surface area contributed by atoms with Crippen LogP contribution in [0, 0.1) is 5.92 Å². The van der Waals surface area contributed by atoms with Crippen LogP contribution in [0.3, 0.4) is 0 Å². The lowest BCUT2D eigenvalue weighted by Gasteiger charge is -2.09. The van der Waals surface area contributed by atoms with E-state index in [9.17, 15) is 0 Å². The van der Waals surface area contributed by atoms with Crippen molar-refractivity contribution in [2.24, 2.45) is 5.92 Å². The second-order valence-electron chi connectivity index (χ2n) is 7.06. The van der Waals surface area contributed by atoms with Crippen molar-refractivity contribution in [3.05, 3.63) is 36.2 Å². The summed E-state index contributed by atoms with van der Waals surface area (Å²) in [5, 5.41) is 9.54. The summed E-state index contributed by atoms with van der Waals surface area (Å²) in [6.07, 6.45) is 6.39. The molecule has 2 aromatic heterocycles. The van der Waals surface area contributed by atoms with Gasteiger partial charge in [0.1, 0.15) is 5.75 Å². The van der Waals surface area contributed by atoms with Crippen LogP contribution in [0.15, 0.2) is 30.5 Å². The summed E-state index contributed by atoms with van der Waals surface area (Å²) in [7, 11) is 1.62. The van der Waals surface area contributed by atoms with Gasteiger partial charge < -0.3 is 14.8 Å². The largest absolute Gasteiger partial charge is 0.493 e. The average molecular weight is 350 g/mol. The molecule has 1 fully saturated rings. The predicted molar refractivity (Wildman–Crippen MR) is 100 cm³/mol. The zero-order valence-corrected chi connectivity index (χ0v) is 14.9. The molecule has 0 spiro atoms. The van der Waals surface area contributed by atoms with E-state index in [4.69, 9.17) is 14.6 Å². The minimum atomic E-state index is 0.604. The van der Waals surface area contributed by atoms with Crippen molar-refractivity contribution in [1.82, 2.24) is 14.8 Å². The smallest absolute Gasteiger partial charge is 0.213 e. The molecule has 6 heteroatoms. The van der Waals surface area contributed by atoms with E-state index in [0.717, 1.165) is 59.9 Å². The number of nitrogens with one attached hydrogen (secondary N) is 1. The number of nitrogens with zero attached hydrogens (tertiary/aromatic N) is 3. The van der Waals surface area contributed by atoms with Gasteiger partial charge in [0, 0.05) is 24.4 Å². The quantitative estimate of drug-likeness (QED) is 0.762. The molecule has 3 aromatic rings. The van der Waals surface area contributed by atoms with Crippen LogP contribution >= 0.6 is 0 Å². The first kappa shape index (κ1) is 15.5. The fourth-order valence-electron chi connectivity index (χ4n) is 3.53. The van der Waals surface area contributed by atoms with E-state index in [1.807, 2.05) is 16.8 Å². The number of rotatable bonds is 5. The number of aryl methyl sites for hydroxylation is 1. The molecule has 6 nitrogen and oxygen atoms in total. The van der Waals surface area contributed by atoms with Gasteiger partial charge in [-0.25, -0.2) is 9.67 Å². The van der Waals surface area contributed by atoms with Gasteiger partial charge in [-0.15, -0.1) is 0 Å². The Morgan fingerprint density at radius 3 is 3.00 bits per heavy atom. The summed E-state index contributed by atoms with van der Waals surface area (Å²) in [6.45, 7) is 1.76. The lowest BCUT2D eigenvalue weighted by Crippen LogP contribution is -2.05. The lowest BCUT2D eigenvalue weighted by atomic mass is 10.1. The van der Waals surface area contributed by atoms with Gasteiger partial charge in [0.05, 0.1) is 42.2 Å². The van der Waals surface area contributed by atoms with E-state index < -0.39 is 0 Å². The van der Waals surface area contributed by atoms with Gasteiger partial charge in [-0.3, -0.25) is 0 Å². The molecule has 1 aliphatic heterocycles. The third-order valence-corrected chi connectivity index (χ3v) is 5.12. The Kier molecular flexibility index (Phi) is 3.69. The highest BCUT2D eigenvalue weighted by Gasteiger charge is 2.23. The Morgan fingerprint density at radius 1 is 1.31 bits per heavy atom. The number of hydrogen-bond donors (Lipinski definition) is 1. The second kappa shape index (κ2) is 6.20. The molecule has 1 N–H and O–H groups in total. The van der Waals surface area contributed by atoms with Crippen molar-refractivity contribution in [3.8, 4) is 17.3 Å². The van der Waals surface area contributed by atoms with Crippen molar-refractivity contribution in [2.75, 3.05) is 25.6 Å². The molecule has 0 bridgehead atoms. The molecule has 2 aliphatic rings. The molecule has 5 rings (SSSR count). The fourth-order valence-corrected chi connectivity index (χ4v) is 3.53. The molecule has 26 heavy (non-hydrogen) atoms. The molecular weight excluding hydrogens is 328 g/mol. The molecule has 1 saturated carbocycles. The topological polar surface area (TPSA) is 61.2 Å². The molecule has 0 saturated heterocycles. The van der Waals surface area contributed by atoms with Gasteiger partial charge >= 0.3 is 0 Å². The van der Waals surface area contributed by atoms with Crippen LogP contribution < -0.4 is 14.8 Å². The maximum absolute atomic E-state index is 6.04. The van der Waals surface area contributed by atoms with Gasteiger partial charge in [-0.2, -0.15) is 5.10 Å². The third-order valence-electron chi connectivity index (χ3n) is 5.12. The summed E-state index contributed by atoms with van der Waals surface area (Å²) in [5.74, 6) is 2.36. The molecule has 0 unspecified atom stereocenters. The van der Waals surface area contributed by atoms with Crippen LogP contribution in [-0.2, 0) is 6.42 Å². The zero-order chi connectivity index (χ0) is 17.5. The first-order valence-corrected chi connectivity index (χ1v) is 9.24. The minimum Gasteiger partial charge on any atom is -0.493 e. The summed E-state index contributed by atoms with van der Waals surface area (Å²) in [6, 6.07) is 8.11. The Balaban J connectivity index is 1.60. The minimum absolute atomic E-state index is 0.604. The summed E-state index contributed by atoms with van der Waals surface area (Å²) in [5.41, 5.74) is 4.18. The van der Waals surface area contributed by atoms with Gasteiger partial charge in [0.15, 0.2) is 0 Å². The summed E-state index contributed by atoms with van der Waals surface area (Å²) in [4.78, 5) is 4.33. The maximum Gasteiger partial charge on any atom is 0.213 e. The van der Waals surface area contributed by atoms with E-state index >= 15 is 0 Å². The number of methoxy groups -OCH3 is 1. The SMILES string of the molecule is COc1ccc(-n2nc3cc(NCC4CC4)cc4c3c2CCCO4)cn1. The number of pyridine rings is 1. The van der Waals surface area contributed by atoms with Crippen molar-refractivity contribution < 1.29 is 9.47 Å². The monoisotopic (exact) mass is 350 g/mol. The molecular formula is C20H22N4O2. The number of ether oxygens (including phenoxy) is 2. The van der Waals surface area contributed by atoms with Crippen molar-refractivity contribution in [2.45, 2.75) is 25.7 Å². The van der Waals surface area contributed by atoms with Crippen LogP contribution in [0.4, 0.5) is 5.69 Å². The Morgan fingerprint density at radius 2 is 2.23 bits per heavy atom. The molecule has 3 heterocycles. The Hall–Kier alpha value is -2.76.